The summed E-state index contributed by atoms with van der Waals surface area (Å²) in [7, 11) is 4.15. The molecule has 0 spiro atoms. The van der Waals surface area contributed by atoms with Gasteiger partial charge in [0.2, 0.25) is 5.88 Å². The van der Waals surface area contributed by atoms with Gasteiger partial charge in [-0.3, -0.25) is 0 Å². The van der Waals surface area contributed by atoms with E-state index >= 15 is 0 Å². The molecule has 1 N–H and O–H groups in total. The maximum absolute atomic E-state index is 5.67. The molecule has 0 atom stereocenters. The lowest BCUT2D eigenvalue weighted by atomic mass is 10.2. The van der Waals surface area contributed by atoms with Crippen LogP contribution in [-0.4, -0.2) is 43.2 Å². The van der Waals surface area contributed by atoms with Crippen LogP contribution in [-0.2, 0) is 6.54 Å². The first kappa shape index (κ1) is 14.3. The average Bonchev–Trinajstić information content (AvgIpc) is 3.17. The molecular weight excluding hydrogens is 238 g/mol. The summed E-state index contributed by atoms with van der Waals surface area (Å²) in [5.74, 6) is 0.742. The zero-order valence-electron chi connectivity index (χ0n) is 12.3. The molecule has 1 aromatic heterocycles. The third kappa shape index (κ3) is 5.17. The first-order chi connectivity index (χ1) is 9.15. The largest absolute Gasteiger partial charge is 0.478 e. The molecule has 1 heterocycles. The zero-order chi connectivity index (χ0) is 13.7. The van der Waals surface area contributed by atoms with Crippen molar-refractivity contribution in [3.05, 3.63) is 23.4 Å². The summed E-state index contributed by atoms with van der Waals surface area (Å²) in [6.07, 6.45) is 3.66. The van der Waals surface area contributed by atoms with Crippen LogP contribution in [0.3, 0.4) is 0 Å². The Labute approximate surface area is 116 Å². The van der Waals surface area contributed by atoms with Crippen molar-refractivity contribution in [1.82, 2.24) is 15.2 Å². The van der Waals surface area contributed by atoms with Gasteiger partial charge in [-0.2, -0.15) is 0 Å². The van der Waals surface area contributed by atoms with Crippen LogP contribution in [0.1, 0.15) is 30.5 Å². The molecule has 1 aromatic rings. The minimum absolute atomic E-state index is 0.726. The molecular formula is C15H25N3O. The van der Waals surface area contributed by atoms with Crippen LogP contribution in [0.25, 0.3) is 0 Å². The fourth-order valence-electron chi connectivity index (χ4n) is 1.93. The normalized spacial score (nSPS) is 14.9. The molecule has 0 aliphatic heterocycles. The summed E-state index contributed by atoms with van der Waals surface area (Å²) in [4.78, 5) is 6.67. The van der Waals surface area contributed by atoms with Gasteiger partial charge < -0.3 is 15.0 Å². The van der Waals surface area contributed by atoms with Gasteiger partial charge in [-0.15, -0.1) is 0 Å². The molecule has 106 valence electrons. The molecule has 19 heavy (non-hydrogen) atoms. The van der Waals surface area contributed by atoms with Crippen molar-refractivity contribution in [3.63, 3.8) is 0 Å². The highest BCUT2D eigenvalue weighted by atomic mass is 16.5. The van der Waals surface area contributed by atoms with Crippen LogP contribution >= 0.6 is 0 Å². The maximum Gasteiger partial charge on any atom is 0.213 e. The molecule has 4 nitrogen and oxygen atoms in total. The number of nitrogens with zero attached hydrogens (tertiary/aromatic N) is 2. The van der Waals surface area contributed by atoms with Crippen molar-refractivity contribution in [1.29, 1.82) is 0 Å². The number of aryl methyl sites for hydroxylation is 1. The van der Waals surface area contributed by atoms with Gasteiger partial charge in [0.15, 0.2) is 0 Å². The minimum Gasteiger partial charge on any atom is -0.478 e. The molecule has 0 saturated heterocycles. The second-order valence-corrected chi connectivity index (χ2v) is 5.55. The summed E-state index contributed by atoms with van der Waals surface area (Å²) in [5.41, 5.74) is 2.34. The Morgan fingerprint density at radius 3 is 2.79 bits per heavy atom. The van der Waals surface area contributed by atoms with Crippen LogP contribution in [0.15, 0.2) is 12.1 Å². The van der Waals surface area contributed by atoms with Gasteiger partial charge in [0.1, 0.15) is 0 Å². The van der Waals surface area contributed by atoms with E-state index in [4.69, 9.17) is 4.74 Å². The molecule has 1 aliphatic rings. The first-order valence-electron chi connectivity index (χ1n) is 7.12. The first-order valence-corrected chi connectivity index (χ1v) is 7.12. The topological polar surface area (TPSA) is 37.4 Å². The summed E-state index contributed by atoms with van der Waals surface area (Å²) in [6, 6.07) is 4.84. The lowest BCUT2D eigenvalue weighted by Crippen LogP contribution is -2.17. The van der Waals surface area contributed by atoms with Crippen molar-refractivity contribution >= 4 is 0 Å². The predicted octanol–water partition coefficient (Wildman–Crippen LogP) is 1.97. The predicted molar refractivity (Wildman–Crippen MR) is 77.5 cm³/mol. The van der Waals surface area contributed by atoms with Gasteiger partial charge in [0.05, 0.1) is 6.61 Å². The zero-order valence-corrected chi connectivity index (χ0v) is 12.3. The molecule has 2 rings (SSSR count). The molecule has 1 aliphatic carbocycles. The number of hydrogen-bond donors (Lipinski definition) is 1. The van der Waals surface area contributed by atoms with E-state index in [2.05, 4.69) is 42.3 Å². The summed E-state index contributed by atoms with van der Waals surface area (Å²) < 4.78 is 5.67. The maximum atomic E-state index is 5.67. The van der Waals surface area contributed by atoms with Crippen LogP contribution in [0.5, 0.6) is 5.88 Å². The van der Waals surface area contributed by atoms with E-state index < -0.39 is 0 Å². The lowest BCUT2D eigenvalue weighted by molar-refractivity contribution is 0.272. The molecule has 0 radical (unpaired) electrons. The Hall–Kier alpha value is -1.13. The summed E-state index contributed by atoms with van der Waals surface area (Å²) in [5, 5.41) is 3.51. The van der Waals surface area contributed by atoms with E-state index in [1.54, 1.807) is 0 Å². The van der Waals surface area contributed by atoms with Crippen molar-refractivity contribution in [3.8, 4) is 5.88 Å². The Morgan fingerprint density at radius 2 is 2.16 bits per heavy atom. The second kappa shape index (κ2) is 6.87. The van der Waals surface area contributed by atoms with Gasteiger partial charge in [-0.05, 0) is 45.8 Å². The number of rotatable bonds is 8. The fraction of sp³-hybridized carbons (Fsp3) is 0.667. The SMILES string of the molecule is Cc1nc(OCCCN(C)C)ccc1CNC1CC1. The van der Waals surface area contributed by atoms with E-state index in [0.717, 1.165) is 43.7 Å². The van der Waals surface area contributed by atoms with Gasteiger partial charge in [0, 0.05) is 30.9 Å². The monoisotopic (exact) mass is 263 g/mol. The van der Waals surface area contributed by atoms with Gasteiger partial charge in [0.25, 0.3) is 0 Å². The quantitative estimate of drug-likeness (QED) is 0.728. The van der Waals surface area contributed by atoms with Crippen molar-refractivity contribution in [2.45, 2.75) is 38.8 Å². The van der Waals surface area contributed by atoms with Crippen LogP contribution in [0.4, 0.5) is 0 Å². The minimum atomic E-state index is 0.726. The Balaban J connectivity index is 1.76. The van der Waals surface area contributed by atoms with Gasteiger partial charge >= 0.3 is 0 Å². The van der Waals surface area contributed by atoms with Gasteiger partial charge in [-0.1, -0.05) is 6.07 Å². The third-order valence-electron chi connectivity index (χ3n) is 3.33. The highest BCUT2D eigenvalue weighted by Crippen LogP contribution is 2.20. The Morgan fingerprint density at radius 1 is 1.37 bits per heavy atom. The molecule has 0 unspecified atom stereocenters. The molecule has 1 saturated carbocycles. The van der Waals surface area contributed by atoms with Crippen LogP contribution in [0.2, 0.25) is 0 Å². The highest BCUT2D eigenvalue weighted by molar-refractivity contribution is 5.25. The molecule has 4 heteroatoms. The van der Waals surface area contributed by atoms with E-state index in [1.165, 1.54) is 18.4 Å². The number of hydrogen-bond acceptors (Lipinski definition) is 4. The average molecular weight is 263 g/mol. The van der Waals surface area contributed by atoms with E-state index in [9.17, 15) is 0 Å². The Kier molecular flexibility index (Phi) is 5.16. The molecule has 1 fully saturated rings. The van der Waals surface area contributed by atoms with Crippen molar-refractivity contribution < 1.29 is 4.74 Å². The third-order valence-corrected chi connectivity index (χ3v) is 3.33. The van der Waals surface area contributed by atoms with E-state index in [-0.39, 0.29) is 0 Å². The van der Waals surface area contributed by atoms with Crippen LogP contribution in [0, 0.1) is 6.92 Å². The van der Waals surface area contributed by atoms with E-state index in [1.807, 2.05) is 6.07 Å². The number of pyridine rings is 1. The smallest absolute Gasteiger partial charge is 0.213 e. The standard InChI is InChI=1S/C15H25N3O/c1-12-13(11-16-14-6-7-14)5-8-15(17-12)19-10-4-9-18(2)3/h5,8,14,16H,4,6-7,9-11H2,1-3H3. The number of ether oxygens (including phenoxy) is 1. The summed E-state index contributed by atoms with van der Waals surface area (Å²) in [6.45, 7) is 4.74. The molecule has 0 bridgehead atoms. The summed E-state index contributed by atoms with van der Waals surface area (Å²) >= 11 is 0. The number of nitrogens with one attached hydrogen (secondary N) is 1. The second-order valence-electron chi connectivity index (χ2n) is 5.55. The fourth-order valence-corrected chi connectivity index (χ4v) is 1.93. The van der Waals surface area contributed by atoms with Crippen LogP contribution < -0.4 is 10.1 Å². The van der Waals surface area contributed by atoms with Gasteiger partial charge in [-0.25, -0.2) is 4.98 Å². The van der Waals surface area contributed by atoms with Crippen molar-refractivity contribution in [2.24, 2.45) is 0 Å². The molecule has 0 aromatic carbocycles. The molecule has 0 amide bonds. The highest BCUT2D eigenvalue weighted by Gasteiger charge is 2.20. The van der Waals surface area contributed by atoms with E-state index in [0.29, 0.717) is 0 Å². The Bertz CT molecular complexity index is 402. The number of aromatic nitrogens is 1. The van der Waals surface area contributed by atoms with Crippen molar-refractivity contribution in [2.75, 3.05) is 27.2 Å². The lowest BCUT2D eigenvalue weighted by Gasteiger charge is -2.11.